The Morgan fingerprint density at radius 1 is 1.13 bits per heavy atom. The summed E-state index contributed by atoms with van der Waals surface area (Å²) in [5.41, 5.74) is -1.68. The third-order valence-electron chi connectivity index (χ3n) is 6.07. The summed E-state index contributed by atoms with van der Waals surface area (Å²) in [6, 6.07) is 0. The lowest BCUT2D eigenvalue weighted by Gasteiger charge is -2.43. The highest BCUT2D eigenvalue weighted by molar-refractivity contribution is 9.11. The first-order valence-electron chi connectivity index (χ1n) is 10.4. The molecular formula is C22H37BrO7Si. The van der Waals surface area contributed by atoms with Crippen LogP contribution in [0.4, 0.5) is 0 Å². The van der Waals surface area contributed by atoms with E-state index in [1.807, 2.05) is 6.92 Å². The van der Waals surface area contributed by atoms with Crippen LogP contribution in [0.15, 0.2) is 23.2 Å². The summed E-state index contributed by atoms with van der Waals surface area (Å²) < 4.78 is 28.8. The van der Waals surface area contributed by atoms with E-state index in [2.05, 4.69) is 56.4 Å². The average molecular weight is 522 g/mol. The van der Waals surface area contributed by atoms with E-state index in [1.165, 1.54) is 14.2 Å². The summed E-state index contributed by atoms with van der Waals surface area (Å²) in [7, 11) is 0.364. The molecule has 7 nitrogen and oxygen atoms in total. The molecule has 0 amide bonds. The van der Waals surface area contributed by atoms with Crippen LogP contribution in [0.3, 0.4) is 0 Å². The van der Waals surface area contributed by atoms with E-state index in [0.717, 1.165) is 0 Å². The van der Waals surface area contributed by atoms with E-state index >= 15 is 0 Å². The Hall–Kier alpha value is -1.00. The summed E-state index contributed by atoms with van der Waals surface area (Å²) in [5, 5.41) is -0.0156. The Morgan fingerprint density at radius 2 is 1.68 bits per heavy atom. The first kappa shape index (κ1) is 28.0. The van der Waals surface area contributed by atoms with Gasteiger partial charge in [-0.05, 0) is 35.6 Å². The molecule has 178 valence electrons. The maximum Gasteiger partial charge on any atom is 0.324 e. The van der Waals surface area contributed by atoms with Gasteiger partial charge < -0.3 is 23.4 Å². The van der Waals surface area contributed by atoms with Crippen molar-refractivity contribution in [3.05, 3.63) is 23.2 Å². The molecule has 1 aliphatic rings. The lowest BCUT2D eigenvalue weighted by atomic mass is 9.69. The molecule has 0 aromatic heterocycles. The van der Waals surface area contributed by atoms with Gasteiger partial charge in [-0.1, -0.05) is 49.4 Å². The molecule has 1 heterocycles. The number of ether oxygens (including phenoxy) is 4. The van der Waals surface area contributed by atoms with Gasteiger partial charge in [0.2, 0.25) is 0 Å². The zero-order valence-corrected chi connectivity index (χ0v) is 22.5. The van der Waals surface area contributed by atoms with E-state index in [9.17, 15) is 9.59 Å². The number of halogens is 1. The minimum Gasteiger partial charge on any atom is -0.468 e. The van der Waals surface area contributed by atoms with Crippen molar-refractivity contribution in [3.63, 3.8) is 0 Å². The van der Waals surface area contributed by atoms with Gasteiger partial charge in [0.15, 0.2) is 20.0 Å². The standard InChI is InChI=1S/C22H37BrO7Si/c1-10-28-18-12-11-16(17(30-18)14-29-31(8,9)21(3,4)5)22(13-15(2)23,19(24)26-6)20(25)27-7/h11-12,16-18H,2,10,13-14H2,1,3-9H3/t16-,17+,18-/m0/s1. The van der Waals surface area contributed by atoms with Gasteiger partial charge in [0.25, 0.3) is 0 Å². The molecule has 1 aliphatic heterocycles. The fraction of sp³-hybridized carbons (Fsp3) is 0.727. The topological polar surface area (TPSA) is 80.3 Å². The normalized spacial score (nSPS) is 22.2. The lowest BCUT2D eigenvalue weighted by molar-refractivity contribution is -0.197. The molecule has 0 spiro atoms. The van der Waals surface area contributed by atoms with Gasteiger partial charge in [-0.15, -0.1) is 0 Å². The van der Waals surface area contributed by atoms with Crippen molar-refractivity contribution in [2.75, 3.05) is 27.4 Å². The van der Waals surface area contributed by atoms with Gasteiger partial charge in [-0.3, -0.25) is 9.59 Å². The Balaban J connectivity index is 3.48. The minimum absolute atomic E-state index is 0.0133. The highest BCUT2D eigenvalue weighted by Gasteiger charge is 2.57. The summed E-state index contributed by atoms with van der Waals surface area (Å²) in [6.45, 7) is 17.0. The lowest BCUT2D eigenvalue weighted by Crippen LogP contribution is -2.55. The van der Waals surface area contributed by atoms with Crippen LogP contribution < -0.4 is 0 Å². The van der Waals surface area contributed by atoms with Gasteiger partial charge in [0, 0.05) is 18.9 Å². The van der Waals surface area contributed by atoms with Crippen LogP contribution in [0.5, 0.6) is 0 Å². The number of allylic oxidation sites excluding steroid dienone is 1. The Morgan fingerprint density at radius 3 is 2.10 bits per heavy atom. The maximum absolute atomic E-state index is 13.0. The SMILES string of the molecule is C=C(Br)CC(C(=O)OC)(C(=O)OC)[C@H]1C=C[C@@H](OCC)O[C@@H]1CO[Si](C)(C)C(C)(C)C. The molecule has 0 radical (unpaired) electrons. The van der Waals surface area contributed by atoms with E-state index in [1.54, 1.807) is 12.2 Å². The molecule has 0 unspecified atom stereocenters. The highest BCUT2D eigenvalue weighted by atomic mass is 79.9. The molecule has 31 heavy (non-hydrogen) atoms. The second-order valence-electron chi connectivity index (χ2n) is 9.13. The van der Waals surface area contributed by atoms with Crippen LogP contribution in [-0.2, 0) is 33.0 Å². The van der Waals surface area contributed by atoms with Gasteiger partial charge in [-0.25, -0.2) is 0 Å². The number of rotatable bonds is 10. The number of hydrogen-bond donors (Lipinski definition) is 0. The number of hydrogen-bond acceptors (Lipinski definition) is 7. The summed E-state index contributed by atoms with van der Waals surface area (Å²) in [6.07, 6.45) is 2.22. The molecule has 0 aromatic carbocycles. The molecule has 0 bridgehead atoms. The van der Waals surface area contributed by atoms with Gasteiger partial charge in [0.1, 0.15) is 0 Å². The average Bonchev–Trinajstić information content (AvgIpc) is 2.68. The number of carbonyl (C=O) groups is 2. The number of carbonyl (C=O) groups excluding carboxylic acids is 2. The van der Waals surface area contributed by atoms with Crippen molar-refractivity contribution in [1.29, 1.82) is 0 Å². The van der Waals surface area contributed by atoms with Gasteiger partial charge in [0.05, 0.1) is 26.9 Å². The molecule has 3 atom stereocenters. The molecule has 0 saturated carbocycles. The monoisotopic (exact) mass is 520 g/mol. The minimum atomic E-state index is -2.13. The molecule has 0 fully saturated rings. The molecule has 9 heteroatoms. The first-order valence-corrected chi connectivity index (χ1v) is 14.1. The van der Waals surface area contributed by atoms with Crippen molar-refractivity contribution < 1.29 is 33.0 Å². The number of esters is 2. The first-order chi connectivity index (χ1) is 14.3. The fourth-order valence-electron chi connectivity index (χ4n) is 3.31. The molecule has 0 saturated heterocycles. The van der Waals surface area contributed by atoms with Crippen LogP contribution in [-0.4, -0.2) is 60.1 Å². The van der Waals surface area contributed by atoms with Crippen LogP contribution >= 0.6 is 15.9 Å². The van der Waals surface area contributed by atoms with Crippen LogP contribution in [0.2, 0.25) is 18.1 Å². The molecule has 0 N–H and O–H groups in total. The Labute approximate surface area is 195 Å². The zero-order chi connectivity index (χ0) is 24.0. The summed E-state index contributed by atoms with van der Waals surface area (Å²) in [4.78, 5) is 26.1. The molecule has 0 aliphatic carbocycles. The van der Waals surface area contributed by atoms with E-state index in [-0.39, 0.29) is 18.1 Å². The third-order valence-corrected chi connectivity index (χ3v) is 10.9. The van der Waals surface area contributed by atoms with Gasteiger partial charge in [-0.2, -0.15) is 0 Å². The summed E-state index contributed by atoms with van der Waals surface area (Å²) >= 11 is 3.30. The predicted octanol–water partition coefficient (Wildman–Crippen LogP) is 4.57. The second-order valence-corrected chi connectivity index (χ2v) is 15.1. The Bertz CT molecular complexity index is 668. The van der Waals surface area contributed by atoms with E-state index in [4.69, 9.17) is 23.4 Å². The summed E-state index contributed by atoms with van der Waals surface area (Å²) in [5.74, 6) is -2.14. The van der Waals surface area contributed by atoms with Crippen molar-refractivity contribution in [3.8, 4) is 0 Å². The quantitative estimate of drug-likeness (QED) is 0.180. The van der Waals surface area contributed by atoms with Crippen LogP contribution in [0, 0.1) is 11.3 Å². The fourth-order valence-corrected chi connectivity index (χ4v) is 4.77. The molecule has 0 aromatic rings. The smallest absolute Gasteiger partial charge is 0.324 e. The second kappa shape index (κ2) is 11.2. The molecular weight excluding hydrogens is 484 g/mol. The zero-order valence-electron chi connectivity index (χ0n) is 20.0. The number of methoxy groups -OCH3 is 2. The third kappa shape index (κ3) is 6.51. The maximum atomic E-state index is 13.0. The van der Waals surface area contributed by atoms with E-state index in [0.29, 0.717) is 11.1 Å². The highest BCUT2D eigenvalue weighted by Crippen LogP contribution is 2.45. The largest absolute Gasteiger partial charge is 0.468 e. The Kier molecular flexibility index (Phi) is 10.2. The van der Waals surface area contributed by atoms with Crippen molar-refractivity contribution in [1.82, 2.24) is 0 Å². The predicted molar refractivity (Wildman–Crippen MR) is 125 cm³/mol. The van der Waals surface area contributed by atoms with Crippen molar-refractivity contribution in [2.24, 2.45) is 11.3 Å². The van der Waals surface area contributed by atoms with E-state index < -0.39 is 44.0 Å². The molecule has 1 rings (SSSR count). The van der Waals surface area contributed by atoms with Crippen molar-refractivity contribution in [2.45, 2.75) is 64.6 Å². The van der Waals surface area contributed by atoms with Crippen LogP contribution in [0.25, 0.3) is 0 Å². The van der Waals surface area contributed by atoms with Crippen molar-refractivity contribution >= 4 is 36.2 Å². The van der Waals surface area contributed by atoms with Crippen LogP contribution in [0.1, 0.15) is 34.1 Å². The van der Waals surface area contributed by atoms with Gasteiger partial charge >= 0.3 is 11.9 Å².